The number of nitrogens with one attached hydrogen (secondary N) is 1. The molecule has 2 aliphatic rings. The lowest BCUT2D eigenvalue weighted by Gasteiger charge is -2.20. The van der Waals surface area contributed by atoms with Crippen LogP contribution in [-0.2, 0) is 11.3 Å². The number of carbonyl (C=O) groups excluding carboxylic acids is 1. The van der Waals surface area contributed by atoms with E-state index < -0.39 is 5.91 Å². The van der Waals surface area contributed by atoms with Crippen LogP contribution in [0.15, 0.2) is 94.7 Å². The Bertz CT molecular complexity index is 1700. The monoisotopic (exact) mass is 519 g/mol. The molecule has 7 nitrogen and oxygen atoms in total. The summed E-state index contributed by atoms with van der Waals surface area (Å²) < 4.78 is 8.09. The van der Waals surface area contributed by atoms with Crippen molar-refractivity contribution in [2.75, 3.05) is 6.61 Å². The smallest absolute Gasteiger partial charge is 0.283 e. The van der Waals surface area contributed by atoms with Crippen LogP contribution in [-0.4, -0.2) is 38.1 Å². The van der Waals surface area contributed by atoms with Gasteiger partial charge in [0.1, 0.15) is 17.4 Å². The van der Waals surface area contributed by atoms with Crippen molar-refractivity contribution in [3.05, 3.63) is 107 Å². The number of fused-ring (bicyclic) bond motifs is 2. The molecule has 6 rings (SSSR count). The van der Waals surface area contributed by atoms with Crippen LogP contribution in [0.5, 0.6) is 5.75 Å². The number of carbonyl (C=O) groups is 1. The molecule has 0 saturated carbocycles. The number of para-hydroxylation sites is 2. The topological polar surface area (TPSA) is 83.0 Å². The van der Waals surface area contributed by atoms with Crippen LogP contribution >= 0.6 is 11.8 Å². The number of benzene rings is 3. The number of rotatable bonds is 6. The third kappa shape index (κ3) is 4.54. The molecule has 8 heteroatoms. The first-order chi connectivity index (χ1) is 18.5. The second-order valence-electron chi connectivity index (χ2n) is 9.29. The number of thioether (sulfide) groups is 1. The second kappa shape index (κ2) is 9.79. The van der Waals surface area contributed by atoms with Gasteiger partial charge in [0.05, 0.1) is 5.57 Å². The molecule has 0 saturated heterocycles. The molecule has 38 heavy (non-hydrogen) atoms. The number of amidine groups is 2. The van der Waals surface area contributed by atoms with Crippen LogP contribution in [0.2, 0.25) is 0 Å². The summed E-state index contributed by atoms with van der Waals surface area (Å²) >= 11 is 1.25. The summed E-state index contributed by atoms with van der Waals surface area (Å²) in [6.07, 6.45) is 3.78. The van der Waals surface area contributed by atoms with Crippen molar-refractivity contribution in [2.24, 2.45) is 10.1 Å². The van der Waals surface area contributed by atoms with Crippen molar-refractivity contribution >= 4 is 50.7 Å². The van der Waals surface area contributed by atoms with Crippen LogP contribution in [0.3, 0.4) is 0 Å². The maximum Gasteiger partial charge on any atom is 0.283 e. The molecule has 4 aromatic rings. The van der Waals surface area contributed by atoms with Gasteiger partial charge >= 0.3 is 0 Å². The van der Waals surface area contributed by atoms with Crippen LogP contribution in [0.25, 0.3) is 17.0 Å². The Balaban J connectivity index is 1.28. The number of amides is 1. The summed E-state index contributed by atoms with van der Waals surface area (Å²) in [5.74, 6) is 0.339. The summed E-state index contributed by atoms with van der Waals surface area (Å²) in [6, 6.07) is 24.3. The van der Waals surface area contributed by atoms with E-state index in [1.165, 1.54) is 27.9 Å². The zero-order valence-corrected chi connectivity index (χ0v) is 21.8. The van der Waals surface area contributed by atoms with Gasteiger partial charge in [0.2, 0.25) is 5.17 Å². The first-order valence-corrected chi connectivity index (χ1v) is 13.1. The van der Waals surface area contributed by atoms with E-state index in [1.807, 2.05) is 55.6 Å². The van der Waals surface area contributed by atoms with Gasteiger partial charge in [-0.2, -0.15) is 15.1 Å². The highest BCUT2D eigenvalue weighted by atomic mass is 32.2. The first kappa shape index (κ1) is 23.9. The maximum atomic E-state index is 13.0. The Kier molecular flexibility index (Phi) is 6.17. The lowest BCUT2D eigenvalue weighted by atomic mass is 10.1. The highest BCUT2D eigenvalue weighted by Gasteiger charge is 2.36. The Labute approximate surface area is 224 Å². The number of aromatic nitrogens is 1. The molecule has 0 unspecified atom stereocenters. The quantitative estimate of drug-likeness (QED) is 0.317. The molecule has 0 fully saturated rings. The Hall–Kier alpha value is -4.43. The Morgan fingerprint density at radius 2 is 1.84 bits per heavy atom. The van der Waals surface area contributed by atoms with Crippen molar-refractivity contribution in [3.8, 4) is 5.75 Å². The van der Waals surface area contributed by atoms with Gasteiger partial charge in [-0.05, 0) is 54.9 Å². The van der Waals surface area contributed by atoms with Gasteiger partial charge in [0, 0.05) is 29.2 Å². The van der Waals surface area contributed by atoms with Gasteiger partial charge < -0.3 is 9.30 Å². The van der Waals surface area contributed by atoms with E-state index >= 15 is 0 Å². The van der Waals surface area contributed by atoms with Gasteiger partial charge in [-0.1, -0.05) is 66.2 Å². The third-order valence-corrected chi connectivity index (χ3v) is 7.38. The highest BCUT2D eigenvalue weighted by Crippen LogP contribution is 2.31. The van der Waals surface area contributed by atoms with Crippen molar-refractivity contribution in [2.45, 2.75) is 20.4 Å². The molecular weight excluding hydrogens is 494 g/mol. The molecule has 1 aromatic heterocycles. The number of hydrogen-bond acceptors (Lipinski definition) is 5. The molecule has 1 amide bonds. The van der Waals surface area contributed by atoms with Crippen LogP contribution in [0.4, 0.5) is 0 Å². The molecule has 0 radical (unpaired) electrons. The fraction of sp³-hybridized carbons (Fsp3) is 0.133. The summed E-state index contributed by atoms with van der Waals surface area (Å²) in [6.45, 7) is 5.01. The molecular formula is C30H25N5O2S. The van der Waals surface area contributed by atoms with Crippen molar-refractivity contribution in [1.29, 1.82) is 5.41 Å². The van der Waals surface area contributed by atoms with Gasteiger partial charge in [0.25, 0.3) is 5.91 Å². The fourth-order valence-corrected chi connectivity index (χ4v) is 5.43. The standard InChI is InChI=1S/C30H25N5O2S/c1-19-8-7-10-21(14-19)16-34-17-22(23-11-4-5-12-25(23)34)15-24-28(31)35-30(32-29(24)36)38-27(33-35)18-37-26-13-6-3-9-20(26)2/h3-15,17,31H,16,18H2,1-2H3/b24-15-,31-28?. The molecule has 0 atom stereocenters. The number of aryl methyl sites for hydroxylation is 2. The molecule has 0 aliphatic carbocycles. The average Bonchev–Trinajstić information content (AvgIpc) is 3.47. The van der Waals surface area contributed by atoms with Crippen LogP contribution < -0.4 is 4.74 Å². The van der Waals surface area contributed by atoms with E-state index in [9.17, 15) is 4.79 Å². The second-order valence-corrected chi connectivity index (χ2v) is 10.3. The van der Waals surface area contributed by atoms with Crippen LogP contribution in [0.1, 0.15) is 22.3 Å². The minimum Gasteiger partial charge on any atom is -0.486 e. The van der Waals surface area contributed by atoms with E-state index in [-0.39, 0.29) is 18.0 Å². The van der Waals surface area contributed by atoms with Gasteiger partial charge in [-0.25, -0.2) is 0 Å². The molecule has 0 spiro atoms. The van der Waals surface area contributed by atoms with E-state index in [2.05, 4.69) is 51.9 Å². The highest BCUT2D eigenvalue weighted by molar-refractivity contribution is 8.27. The molecule has 0 bridgehead atoms. The third-order valence-electron chi connectivity index (χ3n) is 6.50. The lowest BCUT2D eigenvalue weighted by molar-refractivity contribution is -0.114. The zero-order chi connectivity index (χ0) is 26.2. The summed E-state index contributed by atoms with van der Waals surface area (Å²) in [7, 11) is 0. The van der Waals surface area contributed by atoms with Crippen molar-refractivity contribution in [3.63, 3.8) is 0 Å². The summed E-state index contributed by atoms with van der Waals surface area (Å²) in [5, 5.41) is 16.8. The minimum atomic E-state index is -0.444. The van der Waals surface area contributed by atoms with E-state index in [0.29, 0.717) is 16.8 Å². The fourth-order valence-electron chi connectivity index (χ4n) is 4.63. The van der Waals surface area contributed by atoms with Gasteiger partial charge in [-0.15, -0.1) is 0 Å². The summed E-state index contributed by atoms with van der Waals surface area (Å²) in [5.41, 5.74) is 5.57. The predicted octanol–water partition coefficient (Wildman–Crippen LogP) is 6.00. The number of aliphatic imine (C=N–C) groups is 1. The normalized spacial score (nSPS) is 16.2. The van der Waals surface area contributed by atoms with E-state index in [0.717, 1.165) is 27.8 Å². The molecule has 188 valence electrons. The lowest BCUT2D eigenvalue weighted by Crippen LogP contribution is -2.35. The molecule has 3 heterocycles. The Morgan fingerprint density at radius 3 is 2.68 bits per heavy atom. The first-order valence-electron chi connectivity index (χ1n) is 12.3. The molecule has 2 aliphatic heterocycles. The van der Waals surface area contributed by atoms with Crippen molar-refractivity contribution < 1.29 is 9.53 Å². The SMILES string of the molecule is Cc1cccc(Cn2cc(/C=C3/C(=N)N4N=C(COc5ccccc5C)SC4=NC3=O)c3ccccc32)c1. The maximum absolute atomic E-state index is 13.0. The van der Waals surface area contributed by atoms with Gasteiger partial charge in [-0.3, -0.25) is 10.2 Å². The van der Waals surface area contributed by atoms with Crippen molar-refractivity contribution in [1.82, 2.24) is 9.58 Å². The largest absolute Gasteiger partial charge is 0.486 e. The minimum absolute atomic E-state index is 0.00825. The molecule has 3 aromatic carbocycles. The zero-order valence-electron chi connectivity index (χ0n) is 21.0. The van der Waals surface area contributed by atoms with Crippen LogP contribution in [0, 0.1) is 19.3 Å². The van der Waals surface area contributed by atoms with E-state index in [4.69, 9.17) is 10.1 Å². The Morgan fingerprint density at radius 1 is 1.03 bits per heavy atom. The number of hydrogen-bond donors (Lipinski definition) is 1. The van der Waals surface area contributed by atoms with E-state index in [1.54, 1.807) is 6.08 Å². The number of ether oxygens (including phenoxy) is 1. The molecule has 1 N–H and O–H groups in total. The average molecular weight is 520 g/mol. The number of nitrogens with zero attached hydrogens (tertiary/aromatic N) is 4. The van der Waals surface area contributed by atoms with Gasteiger partial charge in [0.15, 0.2) is 5.84 Å². The summed E-state index contributed by atoms with van der Waals surface area (Å²) in [4.78, 5) is 17.3. The predicted molar refractivity (Wildman–Crippen MR) is 154 cm³/mol. The number of hydrazone groups is 1.